The molecule has 1 rings (SSSR count). The van der Waals surface area contributed by atoms with Gasteiger partial charge in [-0.3, -0.25) is 4.79 Å². The van der Waals surface area contributed by atoms with Crippen LogP contribution in [0.4, 0.5) is 0 Å². The van der Waals surface area contributed by atoms with E-state index in [0.717, 1.165) is 5.69 Å². The quantitative estimate of drug-likeness (QED) is 0.725. The van der Waals surface area contributed by atoms with E-state index in [9.17, 15) is 4.79 Å². The Morgan fingerprint density at radius 1 is 1.53 bits per heavy atom. The number of rotatable bonds is 7. The standard InChI is InChI=1S/C11H19N3O3/c1-3-10-9(6-11(16)17)12-13-14(10)7-8(2)4-5-15/h8,15H,3-7H2,1-2H3,(H,16,17). The maximum Gasteiger partial charge on any atom is 0.309 e. The molecule has 1 atom stereocenters. The molecule has 0 fully saturated rings. The Morgan fingerprint density at radius 3 is 2.76 bits per heavy atom. The number of aromatic nitrogens is 3. The molecule has 0 bridgehead atoms. The van der Waals surface area contributed by atoms with E-state index >= 15 is 0 Å². The molecular formula is C11H19N3O3. The summed E-state index contributed by atoms with van der Waals surface area (Å²) in [5.74, 6) is -0.597. The molecule has 1 aromatic heterocycles. The zero-order valence-corrected chi connectivity index (χ0v) is 10.3. The molecule has 2 N–H and O–H groups in total. The molecule has 0 aliphatic heterocycles. The SMILES string of the molecule is CCc1c(CC(=O)O)nnn1CC(C)CCO. The van der Waals surface area contributed by atoms with Gasteiger partial charge in [0.2, 0.25) is 0 Å². The summed E-state index contributed by atoms with van der Waals surface area (Å²) in [5.41, 5.74) is 1.41. The minimum atomic E-state index is -0.893. The van der Waals surface area contributed by atoms with E-state index in [-0.39, 0.29) is 13.0 Å². The summed E-state index contributed by atoms with van der Waals surface area (Å²) in [6.07, 6.45) is 1.33. The van der Waals surface area contributed by atoms with Gasteiger partial charge in [0.1, 0.15) is 0 Å². The molecule has 0 aliphatic carbocycles. The zero-order chi connectivity index (χ0) is 12.8. The summed E-state index contributed by atoms with van der Waals surface area (Å²) in [6, 6.07) is 0. The molecule has 0 spiro atoms. The number of nitrogens with zero attached hydrogens (tertiary/aromatic N) is 3. The van der Waals surface area contributed by atoms with Gasteiger partial charge in [0.05, 0.1) is 17.8 Å². The smallest absolute Gasteiger partial charge is 0.309 e. The fraction of sp³-hybridized carbons (Fsp3) is 0.727. The van der Waals surface area contributed by atoms with Crippen molar-refractivity contribution in [2.75, 3.05) is 6.61 Å². The highest BCUT2D eigenvalue weighted by molar-refractivity contribution is 5.69. The number of carboxylic acids is 1. The second kappa shape index (κ2) is 6.34. The minimum absolute atomic E-state index is 0.0858. The maximum absolute atomic E-state index is 10.7. The predicted molar refractivity (Wildman–Crippen MR) is 61.6 cm³/mol. The van der Waals surface area contributed by atoms with Crippen molar-refractivity contribution in [3.05, 3.63) is 11.4 Å². The third kappa shape index (κ3) is 3.81. The van der Waals surface area contributed by atoms with Gasteiger partial charge >= 0.3 is 5.97 Å². The van der Waals surface area contributed by atoms with Gasteiger partial charge in [0, 0.05) is 13.2 Å². The van der Waals surface area contributed by atoms with Crippen molar-refractivity contribution >= 4 is 5.97 Å². The van der Waals surface area contributed by atoms with Gasteiger partial charge < -0.3 is 10.2 Å². The third-order valence-electron chi connectivity index (χ3n) is 2.68. The van der Waals surface area contributed by atoms with Crippen molar-refractivity contribution in [1.82, 2.24) is 15.0 Å². The molecule has 0 saturated carbocycles. The van der Waals surface area contributed by atoms with Crippen LogP contribution in [-0.4, -0.2) is 37.8 Å². The maximum atomic E-state index is 10.7. The molecule has 1 unspecified atom stereocenters. The van der Waals surface area contributed by atoms with Crippen LogP contribution in [-0.2, 0) is 24.2 Å². The lowest BCUT2D eigenvalue weighted by Crippen LogP contribution is -2.13. The van der Waals surface area contributed by atoms with Crippen LogP contribution in [0.15, 0.2) is 0 Å². The number of aliphatic hydroxyl groups excluding tert-OH is 1. The first-order valence-corrected chi connectivity index (χ1v) is 5.82. The number of aliphatic hydroxyl groups is 1. The van der Waals surface area contributed by atoms with E-state index in [1.807, 2.05) is 13.8 Å². The lowest BCUT2D eigenvalue weighted by Gasteiger charge is -2.11. The summed E-state index contributed by atoms with van der Waals surface area (Å²) >= 11 is 0. The van der Waals surface area contributed by atoms with Crippen LogP contribution in [0.3, 0.4) is 0 Å². The second-order valence-corrected chi connectivity index (χ2v) is 4.21. The summed E-state index contributed by atoms with van der Waals surface area (Å²) in [5, 5.41) is 25.5. The molecule has 0 saturated heterocycles. The van der Waals surface area contributed by atoms with Crippen molar-refractivity contribution in [2.24, 2.45) is 5.92 Å². The second-order valence-electron chi connectivity index (χ2n) is 4.21. The highest BCUT2D eigenvalue weighted by atomic mass is 16.4. The summed E-state index contributed by atoms with van der Waals surface area (Å²) < 4.78 is 1.75. The van der Waals surface area contributed by atoms with Crippen LogP contribution in [0.1, 0.15) is 31.7 Å². The van der Waals surface area contributed by atoms with Gasteiger partial charge in [-0.25, -0.2) is 4.68 Å². The van der Waals surface area contributed by atoms with Crippen molar-refractivity contribution in [3.63, 3.8) is 0 Å². The van der Waals surface area contributed by atoms with Gasteiger partial charge in [-0.2, -0.15) is 0 Å². The van der Waals surface area contributed by atoms with Crippen LogP contribution >= 0.6 is 0 Å². The Bertz CT molecular complexity index is 376. The highest BCUT2D eigenvalue weighted by Crippen LogP contribution is 2.11. The zero-order valence-electron chi connectivity index (χ0n) is 10.3. The molecule has 6 heteroatoms. The largest absolute Gasteiger partial charge is 0.481 e. The topological polar surface area (TPSA) is 88.2 Å². The van der Waals surface area contributed by atoms with E-state index in [1.165, 1.54) is 0 Å². The normalized spacial score (nSPS) is 12.6. The molecule has 6 nitrogen and oxygen atoms in total. The fourth-order valence-electron chi connectivity index (χ4n) is 1.79. The number of carbonyl (C=O) groups is 1. The van der Waals surface area contributed by atoms with Crippen molar-refractivity contribution in [2.45, 2.75) is 39.7 Å². The van der Waals surface area contributed by atoms with Crippen LogP contribution in [0, 0.1) is 5.92 Å². The van der Waals surface area contributed by atoms with Gasteiger partial charge in [0.25, 0.3) is 0 Å². The Labute approximate surface area is 100 Å². The summed E-state index contributed by atoms with van der Waals surface area (Å²) in [4.78, 5) is 10.7. The van der Waals surface area contributed by atoms with Crippen LogP contribution in [0.5, 0.6) is 0 Å². The third-order valence-corrected chi connectivity index (χ3v) is 2.68. The molecule has 1 heterocycles. The van der Waals surface area contributed by atoms with Crippen molar-refractivity contribution in [3.8, 4) is 0 Å². The van der Waals surface area contributed by atoms with Gasteiger partial charge in [-0.05, 0) is 18.8 Å². The molecule has 1 aromatic rings. The van der Waals surface area contributed by atoms with Crippen LogP contribution in [0.2, 0.25) is 0 Å². The molecule has 0 amide bonds. The molecule has 96 valence electrons. The van der Waals surface area contributed by atoms with Gasteiger partial charge in [-0.1, -0.05) is 19.1 Å². The highest BCUT2D eigenvalue weighted by Gasteiger charge is 2.15. The first-order chi connectivity index (χ1) is 8.08. The number of carboxylic acid groups (broad SMARTS) is 1. The van der Waals surface area contributed by atoms with E-state index in [1.54, 1.807) is 4.68 Å². The van der Waals surface area contributed by atoms with Gasteiger partial charge in [0.15, 0.2) is 0 Å². The van der Waals surface area contributed by atoms with E-state index in [2.05, 4.69) is 10.3 Å². The fourth-order valence-corrected chi connectivity index (χ4v) is 1.79. The number of hydrogen-bond acceptors (Lipinski definition) is 4. The molecule has 0 aliphatic rings. The Balaban J connectivity index is 2.78. The molecule has 0 radical (unpaired) electrons. The Hall–Kier alpha value is -1.43. The first kappa shape index (κ1) is 13.6. The predicted octanol–water partition coefficient (Wildman–Crippen LogP) is 0.486. The first-order valence-electron chi connectivity index (χ1n) is 5.82. The Morgan fingerprint density at radius 2 is 2.24 bits per heavy atom. The number of hydrogen-bond donors (Lipinski definition) is 2. The van der Waals surface area contributed by atoms with Crippen molar-refractivity contribution < 1.29 is 15.0 Å². The van der Waals surface area contributed by atoms with E-state index in [0.29, 0.717) is 31.0 Å². The van der Waals surface area contributed by atoms with Gasteiger partial charge in [-0.15, -0.1) is 5.10 Å². The lowest BCUT2D eigenvalue weighted by molar-refractivity contribution is -0.136. The van der Waals surface area contributed by atoms with E-state index in [4.69, 9.17) is 10.2 Å². The average Bonchev–Trinajstić information content (AvgIpc) is 2.59. The summed E-state index contributed by atoms with van der Waals surface area (Å²) in [7, 11) is 0. The Kier molecular flexibility index (Phi) is 5.09. The van der Waals surface area contributed by atoms with Crippen LogP contribution in [0.25, 0.3) is 0 Å². The number of aliphatic carboxylic acids is 1. The van der Waals surface area contributed by atoms with Crippen LogP contribution < -0.4 is 0 Å². The summed E-state index contributed by atoms with van der Waals surface area (Å²) in [6.45, 7) is 4.79. The minimum Gasteiger partial charge on any atom is -0.481 e. The molecule has 0 aromatic carbocycles. The van der Waals surface area contributed by atoms with E-state index < -0.39 is 5.97 Å². The monoisotopic (exact) mass is 241 g/mol. The molecule has 17 heavy (non-hydrogen) atoms. The molecular weight excluding hydrogens is 222 g/mol. The average molecular weight is 241 g/mol. The lowest BCUT2D eigenvalue weighted by atomic mass is 10.1. The van der Waals surface area contributed by atoms with Crippen molar-refractivity contribution in [1.29, 1.82) is 0 Å².